The number of nitrogens with one attached hydrogen (secondary N) is 2. The number of nitrogens with two attached hydrogens (primary N) is 1. The molecule has 0 bridgehead atoms. The summed E-state index contributed by atoms with van der Waals surface area (Å²) in [6.07, 6.45) is 0.562. The zero-order chi connectivity index (χ0) is 23.4. The number of carbonyl (C=O) groups is 1. The predicted molar refractivity (Wildman–Crippen MR) is 133 cm³/mol. The Labute approximate surface area is 198 Å². The van der Waals surface area contributed by atoms with Gasteiger partial charge in [0.2, 0.25) is 10.0 Å². The summed E-state index contributed by atoms with van der Waals surface area (Å²) >= 11 is 6.40. The van der Waals surface area contributed by atoms with Crippen molar-refractivity contribution in [2.24, 2.45) is 5.73 Å². The lowest BCUT2D eigenvalue weighted by molar-refractivity contribution is -0.117. The highest BCUT2D eigenvalue weighted by atomic mass is 35.5. The third kappa shape index (κ3) is 5.30. The van der Waals surface area contributed by atoms with Crippen LogP contribution in [0.25, 0.3) is 0 Å². The Bertz CT molecular complexity index is 1250. The van der Waals surface area contributed by atoms with Crippen molar-refractivity contribution in [2.45, 2.75) is 19.0 Å². The van der Waals surface area contributed by atoms with E-state index in [1.807, 2.05) is 54.6 Å². The Morgan fingerprint density at radius 1 is 1.03 bits per heavy atom. The number of halogens is 1. The van der Waals surface area contributed by atoms with E-state index in [1.54, 1.807) is 18.2 Å². The van der Waals surface area contributed by atoms with Gasteiger partial charge in [0.15, 0.2) is 0 Å². The first-order valence-electron chi connectivity index (χ1n) is 10.6. The maximum Gasteiger partial charge on any atom is 0.251 e. The van der Waals surface area contributed by atoms with E-state index < -0.39 is 16.1 Å². The van der Waals surface area contributed by atoms with Crippen LogP contribution in [0, 0.1) is 0 Å². The molecule has 1 amide bonds. The van der Waals surface area contributed by atoms with E-state index in [0.717, 1.165) is 16.8 Å². The van der Waals surface area contributed by atoms with Crippen LogP contribution in [0.3, 0.4) is 0 Å². The summed E-state index contributed by atoms with van der Waals surface area (Å²) in [5.41, 5.74) is 9.16. The number of hydrogen-bond acceptors (Lipinski definition) is 5. The number of nitrogens with zero attached hydrogens (tertiary/aromatic N) is 1. The van der Waals surface area contributed by atoms with Gasteiger partial charge in [-0.15, -0.1) is 0 Å². The summed E-state index contributed by atoms with van der Waals surface area (Å²) in [6.45, 7) is 0.797. The van der Waals surface area contributed by atoms with Crippen LogP contribution in [-0.2, 0) is 21.4 Å². The van der Waals surface area contributed by atoms with Crippen LogP contribution in [0.5, 0.6) is 0 Å². The molecule has 4 N–H and O–H groups in total. The molecule has 1 heterocycles. The van der Waals surface area contributed by atoms with Crippen molar-refractivity contribution in [3.8, 4) is 0 Å². The number of carbonyl (C=O) groups excluding carboxylic acids is 1. The summed E-state index contributed by atoms with van der Waals surface area (Å²) in [4.78, 5) is 13.3. The zero-order valence-corrected chi connectivity index (χ0v) is 19.4. The van der Waals surface area contributed by atoms with Gasteiger partial charge in [0.25, 0.3) is 5.91 Å². The Kier molecular flexibility index (Phi) is 6.88. The average Bonchev–Trinajstić information content (AvgIpc) is 3.17. The molecule has 0 radical (unpaired) electrons. The second-order valence-corrected chi connectivity index (χ2v) is 10.2. The Morgan fingerprint density at radius 3 is 2.48 bits per heavy atom. The van der Waals surface area contributed by atoms with Crippen LogP contribution < -0.4 is 20.7 Å². The van der Waals surface area contributed by atoms with Gasteiger partial charge >= 0.3 is 0 Å². The highest BCUT2D eigenvalue weighted by Crippen LogP contribution is 2.33. The number of anilines is 3. The highest BCUT2D eigenvalue weighted by Gasteiger charge is 2.30. The Morgan fingerprint density at radius 2 is 1.82 bits per heavy atom. The van der Waals surface area contributed by atoms with Crippen molar-refractivity contribution >= 4 is 44.6 Å². The number of amides is 1. The summed E-state index contributed by atoms with van der Waals surface area (Å²) in [5, 5.41) is 6.44. The van der Waals surface area contributed by atoms with E-state index >= 15 is 0 Å². The molecule has 33 heavy (non-hydrogen) atoms. The minimum Gasteiger partial charge on any atom is -0.370 e. The zero-order valence-electron chi connectivity index (χ0n) is 17.9. The van der Waals surface area contributed by atoms with Crippen molar-refractivity contribution in [3.05, 3.63) is 88.9 Å². The molecule has 7 nitrogen and oxygen atoms in total. The largest absolute Gasteiger partial charge is 0.370 e. The third-order valence-electron chi connectivity index (χ3n) is 5.45. The van der Waals surface area contributed by atoms with Gasteiger partial charge in [0, 0.05) is 24.5 Å². The standard InChI is InChI=1S/C24H25ClN4O3S/c25-21-15-20(10-11-22(21)29-12-5-13-33(29,31)32)28-24(30)23(18-7-2-1-3-8-18)27-19-9-4-6-17(14-19)16-26/h1-4,6-11,14-15,23,27H,5,12-13,16,26H2,(H,28,30). The van der Waals surface area contributed by atoms with Crippen LogP contribution in [0.15, 0.2) is 72.8 Å². The monoisotopic (exact) mass is 484 g/mol. The second-order valence-electron chi connectivity index (χ2n) is 7.79. The first-order chi connectivity index (χ1) is 15.9. The van der Waals surface area contributed by atoms with Crippen molar-refractivity contribution in [1.29, 1.82) is 0 Å². The van der Waals surface area contributed by atoms with E-state index in [4.69, 9.17) is 17.3 Å². The van der Waals surface area contributed by atoms with Crippen LogP contribution in [0.4, 0.5) is 17.1 Å². The summed E-state index contributed by atoms with van der Waals surface area (Å²) in [6, 6.07) is 21.1. The lowest BCUT2D eigenvalue weighted by Gasteiger charge is -2.22. The molecule has 0 aliphatic carbocycles. The summed E-state index contributed by atoms with van der Waals surface area (Å²) < 4.78 is 25.8. The fourth-order valence-electron chi connectivity index (χ4n) is 3.81. The SMILES string of the molecule is NCc1cccc(NC(C(=O)Nc2ccc(N3CCCS3(=O)=O)c(Cl)c2)c2ccccc2)c1. The molecule has 4 rings (SSSR count). The maximum absolute atomic E-state index is 13.3. The van der Waals surface area contributed by atoms with Crippen molar-refractivity contribution in [2.75, 3.05) is 27.2 Å². The van der Waals surface area contributed by atoms with E-state index in [9.17, 15) is 13.2 Å². The molecular weight excluding hydrogens is 460 g/mol. The molecule has 1 aliphatic heterocycles. The Balaban J connectivity index is 1.57. The van der Waals surface area contributed by atoms with Crippen molar-refractivity contribution < 1.29 is 13.2 Å². The summed E-state index contributed by atoms with van der Waals surface area (Å²) in [7, 11) is -3.35. The van der Waals surface area contributed by atoms with E-state index in [-0.39, 0.29) is 16.7 Å². The molecule has 3 aromatic carbocycles. The minimum absolute atomic E-state index is 0.109. The second kappa shape index (κ2) is 9.82. The first-order valence-corrected chi connectivity index (χ1v) is 12.6. The minimum atomic E-state index is -3.35. The van der Waals surface area contributed by atoms with Gasteiger partial charge in [-0.05, 0) is 47.9 Å². The van der Waals surface area contributed by atoms with Crippen LogP contribution in [0.2, 0.25) is 5.02 Å². The molecule has 1 atom stereocenters. The fraction of sp³-hybridized carbons (Fsp3) is 0.208. The van der Waals surface area contributed by atoms with Gasteiger partial charge in [-0.25, -0.2) is 8.42 Å². The molecule has 3 aromatic rings. The first kappa shape index (κ1) is 23.1. The van der Waals surface area contributed by atoms with Gasteiger partial charge < -0.3 is 16.4 Å². The average molecular weight is 485 g/mol. The van der Waals surface area contributed by atoms with E-state index in [2.05, 4.69) is 10.6 Å². The van der Waals surface area contributed by atoms with Crippen LogP contribution >= 0.6 is 11.6 Å². The van der Waals surface area contributed by atoms with Gasteiger partial charge in [0.1, 0.15) is 6.04 Å². The third-order valence-corrected chi connectivity index (χ3v) is 7.61. The molecule has 0 aromatic heterocycles. The molecule has 9 heteroatoms. The molecule has 1 aliphatic rings. The number of sulfonamides is 1. The quantitative estimate of drug-likeness (QED) is 0.467. The summed E-state index contributed by atoms with van der Waals surface area (Å²) in [5.74, 6) is -0.172. The van der Waals surface area contributed by atoms with Crippen molar-refractivity contribution in [1.82, 2.24) is 0 Å². The maximum atomic E-state index is 13.3. The lowest BCUT2D eigenvalue weighted by atomic mass is 10.0. The molecule has 1 fully saturated rings. The van der Waals surface area contributed by atoms with Gasteiger partial charge in [0.05, 0.1) is 16.5 Å². The molecule has 172 valence electrons. The van der Waals surface area contributed by atoms with Crippen LogP contribution in [-0.4, -0.2) is 26.6 Å². The van der Waals surface area contributed by atoms with E-state index in [1.165, 1.54) is 4.31 Å². The molecule has 1 unspecified atom stereocenters. The number of benzene rings is 3. The number of rotatable bonds is 7. The van der Waals surface area contributed by atoms with E-state index in [0.29, 0.717) is 30.9 Å². The van der Waals surface area contributed by atoms with Crippen molar-refractivity contribution in [3.63, 3.8) is 0 Å². The molecule has 0 saturated carbocycles. The van der Waals surface area contributed by atoms with Gasteiger partial charge in [-0.1, -0.05) is 54.1 Å². The molecular formula is C24H25ClN4O3S. The topological polar surface area (TPSA) is 105 Å². The Hall–Kier alpha value is -3.07. The lowest BCUT2D eigenvalue weighted by Crippen LogP contribution is -2.27. The predicted octanol–water partition coefficient (Wildman–Crippen LogP) is 4.13. The smallest absolute Gasteiger partial charge is 0.251 e. The molecule has 0 spiro atoms. The normalized spacial score (nSPS) is 15.8. The fourth-order valence-corrected chi connectivity index (χ4v) is 5.73. The van der Waals surface area contributed by atoms with Gasteiger partial charge in [-0.3, -0.25) is 9.10 Å². The molecule has 1 saturated heterocycles. The number of hydrogen-bond donors (Lipinski definition) is 3. The highest BCUT2D eigenvalue weighted by molar-refractivity contribution is 7.93. The van der Waals surface area contributed by atoms with Crippen LogP contribution in [0.1, 0.15) is 23.6 Å². The van der Waals surface area contributed by atoms with Gasteiger partial charge in [-0.2, -0.15) is 0 Å².